The molecule has 2 heterocycles. The van der Waals surface area contributed by atoms with Crippen molar-refractivity contribution in [3.05, 3.63) is 17.6 Å². The normalized spacial score (nSPS) is 20.2. The Balaban J connectivity index is 2.39. The second kappa shape index (κ2) is 5.55. The van der Waals surface area contributed by atoms with Crippen LogP contribution in [0.2, 0.25) is 0 Å². The third-order valence-electron chi connectivity index (χ3n) is 3.44. The first-order valence-electron chi connectivity index (χ1n) is 6.32. The molecular formula is C12H18N2O5S. The molecule has 1 atom stereocenters. The lowest BCUT2D eigenvalue weighted by atomic mass is 10.2. The molecule has 0 bridgehead atoms. The molecule has 0 radical (unpaired) electrons. The van der Waals surface area contributed by atoms with Crippen molar-refractivity contribution in [2.75, 3.05) is 20.2 Å². The smallest absolute Gasteiger partial charge is 0.373 e. The highest BCUT2D eigenvalue weighted by atomic mass is 32.2. The minimum absolute atomic E-state index is 0.00162. The van der Waals surface area contributed by atoms with Crippen molar-refractivity contribution >= 4 is 16.0 Å². The Morgan fingerprint density at radius 3 is 2.90 bits per heavy atom. The van der Waals surface area contributed by atoms with Gasteiger partial charge in [-0.1, -0.05) is 0 Å². The van der Waals surface area contributed by atoms with Crippen LogP contribution in [-0.4, -0.2) is 44.9 Å². The van der Waals surface area contributed by atoms with E-state index in [9.17, 15) is 13.2 Å². The van der Waals surface area contributed by atoms with Gasteiger partial charge < -0.3 is 14.9 Å². The molecular weight excluding hydrogens is 284 g/mol. The molecule has 7 nitrogen and oxygen atoms in total. The average molecular weight is 302 g/mol. The highest BCUT2D eigenvalue weighted by molar-refractivity contribution is 7.89. The fourth-order valence-electron chi connectivity index (χ4n) is 2.41. The third-order valence-corrected chi connectivity index (χ3v) is 5.50. The Kier molecular flexibility index (Phi) is 4.17. The first-order chi connectivity index (χ1) is 9.41. The van der Waals surface area contributed by atoms with Crippen molar-refractivity contribution in [3.8, 4) is 0 Å². The van der Waals surface area contributed by atoms with Crippen molar-refractivity contribution in [1.82, 2.24) is 4.31 Å². The maximum Gasteiger partial charge on any atom is 0.373 e. The van der Waals surface area contributed by atoms with Crippen LogP contribution in [0.3, 0.4) is 0 Å². The number of rotatable bonds is 4. The van der Waals surface area contributed by atoms with Crippen molar-refractivity contribution < 1.29 is 22.4 Å². The number of carbonyl (C=O) groups is 1. The lowest BCUT2D eigenvalue weighted by Gasteiger charge is -2.22. The van der Waals surface area contributed by atoms with E-state index in [1.54, 1.807) is 0 Å². The summed E-state index contributed by atoms with van der Waals surface area (Å²) in [5, 5.41) is 0. The van der Waals surface area contributed by atoms with Gasteiger partial charge in [0.15, 0.2) is 0 Å². The second-order valence-electron chi connectivity index (χ2n) is 4.67. The van der Waals surface area contributed by atoms with Gasteiger partial charge in [-0.25, -0.2) is 13.2 Å². The van der Waals surface area contributed by atoms with E-state index in [1.807, 2.05) is 0 Å². The SMILES string of the molecule is COC(=O)c1cc(S(=O)(=O)N2CCCC2CN)c(C)o1. The number of carbonyl (C=O) groups excluding carboxylic acids is 1. The van der Waals surface area contributed by atoms with Gasteiger partial charge in [-0.05, 0) is 19.8 Å². The Hall–Kier alpha value is -1.38. The molecule has 2 N–H and O–H groups in total. The molecule has 2 rings (SSSR count). The molecule has 0 aliphatic carbocycles. The number of methoxy groups -OCH3 is 1. The fraction of sp³-hybridized carbons (Fsp3) is 0.583. The standard InChI is InChI=1S/C12H18N2O5S/c1-8-11(6-10(19-8)12(15)18-2)20(16,17)14-5-3-4-9(14)7-13/h6,9H,3-5,7,13H2,1-2H3. The van der Waals surface area contributed by atoms with Gasteiger partial charge in [-0.15, -0.1) is 0 Å². The molecule has 20 heavy (non-hydrogen) atoms. The Labute approximate surface area is 117 Å². The zero-order valence-electron chi connectivity index (χ0n) is 11.5. The lowest BCUT2D eigenvalue weighted by Crippen LogP contribution is -2.39. The van der Waals surface area contributed by atoms with Gasteiger partial charge in [0.25, 0.3) is 0 Å². The summed E-state index contributed by atoms with van der Waals surface area (Å²) < 4.78 is 36.3. The Bertz CT molecular complexity index is 607. The number of sulfonamides is 1. The van der Waals surface area contributed by atoms with E-state index in [4.69, 9.17) is 10.2 Å². The van der Waals surface area contributed by atoms with Crippen LogP contribution in [0.15, 0.2) is 15.4 Å². The summed E-state index contributed by atoms with van der Waals surface area (Å²) in [5.74, 6) is -0.647. The quantitative estimate of drug-likeness (QED) is 0.812. The number of furan rings is 1. The fourth-order valence-corrected chi connectivity index (χ4v) is 4.28. The molecule has 112 valence electrons. The van der Waals surface area contributed by atoms with Crippen molar-refractivity contribution in [2.24, 2.45) is 5.73 Å². The summed E-state index contributed by atoms with van der Waals surface area (Å²) in [6, 6.07) is 1.01. The van der Waals surface area contributed by atoms with E-state index >= 15 is 0 Å². The maximum absolute atomic E-state index is 12.6. The first-order valence-corrected chi connectivity index (χ1v) is 7.76. The minimum Gasteiger partial charge on any atom is -0.463 e. The van der Waals surface area contributed by atoms with E-state index < -0.39 is 16.0 Å². The van der Waals surface area contributed by atoms with Crippen molar-refractivity contribution in [2.45, 2.75) is 30.7 Å². The minimum atomic E-state index is -3.70. The summed E-state index contributed by atoms with van der Waals surface area (Å²) >= 11 is 0. The van der Waals surface area contributed by atoms with Crippen LogP contribution in [0.4, 0.5) is 0 Å². The van der Waals surface area contributed by atoms with Gasteiger partial charge >= 0.3 is 5.97 Å². The third kappa shape index (κ3) is 2.46. The highest BCUT2D eigenvalue weighted by Crippen LogP contribution is 2.29. The lowest BCUT2D eigenvalue weighted by molar-refractivity contribution is 0.0563. The number of hydrogen-bond donors (Lipinski definition) is 1. The molecule has 0 saturated carbocycles. The van der Waals surface area contributed by atoms with Gasteiger partial charge in [0.1, 0.15) is 10.7 Å². The summed E-state index contributed by atoms with van der Waals surface area (Å²) in [7, 11) is -2.49. The van der Waals surface area contributed by atoms with Gasteiger partial charge in [0, 0.05) is 25.2 Å². The Morgan fingerprint density at radius 1 is 1.60 bits per heavy atom. The molecule has 1 saturated heterocycles. The Morgan fingerprint density at radius 2 is 2.30 bits per heavy atom. The number of hydrogen-bond acceptors (Lipinski definition) is 6. The molecule has 0 amide bonds. The van der Waals surface area contributed by atoms with E-state index in [-0.39, 0.29) is 29.0 Å². The maximum atomic E-state index is 12.6. The molecule has 1 aliphatic heterocycles. The van der Waals surface area contributed by atoms with Crippen LogP contribution in [-0.2, 0) is 14.8 Å². The van der Waals surface area contributed by atoms with E-state index in [2.05, 4.69) is 4.74 Å². The molecule has 1 fully saturated rings. The van der Waals surface area contributed by atoms with Crippen molar-refractivity contribution in [3.63, 3.8) is 0 Å². The summed E-state index contributed by atoms with van der Waals surface area (Å²) in [4.78, 5) is 11.4. The molecule has 0 spiro atoms. The van der Waals surface area contributed by atoms with Gasteiger partial charge in [-0.3, -0.25) is 0 Å². The molecule has 0 aromatic carbocycles. The zero-order valence-corrected chi connectivity index (χ0v) is 12.3. The summed E-state index contributed by atoms with van der Waals surface area (Å²) in [6.45, 7) is 2.22. The van der Waals surface area contributed by atoms with Crippen LogP contribution in [0.25, 0.3) is 0 Å². The van der Waals surface area contributed by atoms with Crippen LogP contribution in [0.1, 0.15) is 29.2 Å². The van der Waals surface area contributed by atoms with Crippen LogP contribution < -0.4 is 5.73 Å². The molecule has 1 unspecified atom stereocenters. The zero-order chi connectivity index (χ0) is 14.9. The van der Waals surface area contributed by atoms with E-state index in [0.717, 1.165) is 12.8 Å². The van der Waals surface area contributed by atoms with E-state index in [0.29, 0.717) is 6.54 Å². The van der Waals surface area contributed by atoms with Gasteiger partial charge in [0.2, 0.25) is 15.8 Å². The van der Waals surface area contributed by atoms with Crippen LogP contribution in [0, 0.1) is 6.92 Å². The molecule has 1 aromatic rings. The monoisotopic (exact) mass is 302 g/mol. The van der Waals surface area contributed by atoms with Crippen LogP contribution in [0.5, 0.6) is 0 Å². The molecule has 1 aliphatic rings. The number of ether oxygens (including phenoxy) is 1. The first kappa shape index (κ1) is 15.0. The molecule has 8 heteroatoms. The molecule has 1 aromatic heterocycles. The van der Waals surface area contributed by atoms with E-state index in [1.165, 1.54) is 24.4 Å². The summed E-state index contributed by atoms with van der Waals surface area (Å²) in [5.41, 5.74) is 5.61. The highest BCUT2D eigenvalue weighted by Gasteiger charge is 2.37. The van der Waals surface area contributed by atoms with Crippen LogP contribution >= 0.6 is 0 Å². The summed E-state index contributed by atoms with van der Waals surface area (Å²) in [6.07, 6.45) is 1.53. The second-order valence-corrected chi connectivity index (χ2v) is 6.53. The number of esters is 1. The predicted octanol–water partition coefficient (Wildman–Crippen LogP) is 0.486. The van der Waals surface area contributed by atoms with Gasteiger partial charge in [0.05, 0.1) is 7.11 Å². The van der Waals surface area contributed by atoms with Crippen molar-refractivity contribution in [1.29, 1.82) is 0 Å². The largest absolute Gasteiger partial charge is 0.463 e. The number of aryl methyl sites for hydroxylation is 1. The van der Waals surface area contributed by atoms with Gasteiger partial charge in [-0.2, -0.15) is 4.31 Å². The number of nitrogens with two attached hydrogens (primary N) is 1. The topological polar surface area (TPSA) is 103 Å². The predicted molar refractivity (Wildman–Crippen MR) is 70.8 cm³/mol. The average Bonchev–Trinajstić information content (AvgIpc) is 3.04. The number of nitrogens with zero attached hydrogens (tertiary/aromatic N) is 1.